The van der Waals surface area contributed by atoms with Crippen LogP contribution in [0, 0.1) is 0 Å². The van der Waals surface area contributed by atoms with Crippen LogP contribution >= 0.6 is 24.0 Å². The highest BCUT2D eigenvalue weighted by molar-refractivity contribution is 8.23. The van der Waals surface area contributed by atoms with E-state index in [2.05, 4.69) is 15.6 Å². The minimum atomic E-state index is -0.267. The summed E-state index contributed by atoms with van der Waals surface area (Å²) in [6.07, 6.45) is 1.72. The van der Waals surface area contributed by atoms with Gasteiger partial charge < -0.3 is 10.6 Å². The van der Waals surface area contributed by atoms with Crippen molar-refractivity contribution >= 4 is 50.8 Å². The molecule has 2 heterocycles. The van der Waals surface area contributed by atoms with Gasteiger partial charge in [0.25, 0.3) is 0 Å². The summed E-state index contributed by atoms with van der Waals surface area (Å²) >= 11 is 6.51. The van der Waals surface area contributed by atoms with Crippen LogP contribution in [0.2, 0.25) is 0 Å². The molecule has 0 aliphatic carbocycles. The second-order valence-corrected chi connectivity index (χ2v) is 5.86. The van der Waals surface area contributed by atoms with E-state index in [1.165, 1.54) is 11.8 Å². The SMILES string of the molecule is O=C(Nc1cccc2cccnc12)[C@@H]1CSC(=S)N1. The van der Waals surface area contributed by atoms with Crippen LogP contribution in [-0.2, 0) is 4.79 Å². The Morgan fingerprint density at radius 2 is 2.26 bits per heavy atom. The molecular weight excluding hydrogens is 278 g/mol. The molecule has 4 nitrogen and oxygen atoms in total. The molecule has 1 aliphatic rings. The zero-order valence-corrected chi connectivity index (χ0v) is 11.6. The maximum Gasteiger partial charge on any atom is 0.247 e. The van der Waals surface area contributed by atoms with Crippen molar-refractivity contribution < 1.29 is 4.79 Å². The molecule has 3 rings (SSSR count). The van der Waals surface area contributed by atoms with E-state index < -0.39 is 0 Å². The van der Waals surface area contributed by atoms with Crippen molar-refractivity contribution in [2.45, 2.75) is 6.04 Å². The Bertz CT molecular complexity index is 654. The molecule has 1 aromatic heterocycles. The first-order chi connectivity index (χ1) is 9.24. The molecular formula is C13H11N3OS2. The molecule has 1 fully saturated rings. The Balaban J connectivity index is 1.85. The minimum absolute atomic E-state index is 0.0782. The second kappa shape index (κ2) is 5.14. The number of nitrogens with zero attached hydrogens (tertiary/aromatic N) is 1. The van der Waals surface area contributed by atoms with Gasteiger partial charge in [0.2, 0.25) is 5.91 Å². The molecule has 6 heteroatoms. The predicted octanol–water partition coefficient (Wildman–Crippen LogP) is 2.16. The summed E-state index contributed by atoms with van der Waals surface area (Å²) in [5.41, 5.74) is 1.53. The number of anilines is 1. The number of thiocarbonyl (C=S) groups is 1. The van der Waals surface area contributed by atoms with Crippen molar-refractivity contribution in [1.82, 2.24) is 10.3 Å². The highest BCUT2D eigenvalue weighted by Gasteiger charge is 2.26. The third-order valence-electron chi connectivity index (χ3n) is 2.88. The lowest BCUT2D eigenvalue weighted by Crippen LogP contribution is -2.38. The van der Waals surface area contributed by atoms with Crippen LogP contribution in [-0.4, -0.2) is 27.0 Å². The summed E-state index contributed by atoms with van der Waals surface area (Å²) in [6.45, 7) is 0. The van der Waals surface area contributed by atoms with E-state index in [1.54, 1.807) is 6.20 Å². The average molecular weight is 289 g/mol. The number of nitrogens with one attached hydrogen (secondary N) is 2. The number of para-hydroxylation sites is 1. The number of amides is 1. The van der Waals surface area contributed by atoms with Crippen LogP contribution in [0.5, 0.6) is 0 Å². The van der Waals surface area contributed by atoms with Crippen molar-refractivity contribution in [3.8, 4) is 0 Å². The van der Waals surface area contributed by atoms with Crippen molar-refractivity contribution in [3.63, 3.8) is 0 Å². The Kier molecular flexibility index (Phi) is 3.35. The monoisotopic (exact) mass is 289 g/mol. The fraction of sp³-hybridized carbons (Fsp3) is 0.154. The van der Waals surface area contributed by atoms with E-state index in [4.69, 9.17) is 12.2 Å². The number of fused-ring (bicyclic) bond motifs is 1. The molecule has 1 saturated heterocycles. The number of aromatic nitrogens is 1. The van der Waals surface area contributed by atoms with Crippen molar-refractivity contribution in [2.24, 2.45) is 0 Å². The number of rotatable bonds is 2. The minimum Gasteiger partial charge on any atom is -0.359 e. The van der Waals surface area contributed by atoms with Crippen LogP contribution in [0.25, 0.3) is 10.9 Å². The number of carbonyl (C=O) groups excluding carboxylic acids is 1. The number of benzene rings is 1. The predicted molar refractivity (Wildman–Crippen MR) is 82.4 cm³/mol. The lowest BCUT2D eigenvalue weighted by Gasteiger charge is -2.12. The Hall–Kier alpha value is -1.66. The highest BCUT2D eigenvalue weighted by atomic mass is 32.2. The molecule has 0 saturated carbocycles. The first kappa shape index (κ1) is 12.4. The summed E-state index contributed by atoms with van der Waals surface area (Å²) in [7, 11) is 0. The van der Waals surface area contributed by atoms with E-state index in [0.717, 1.165) is 16.6 Å². The Labute approximate surface area is 120 Å². The normalized spacial score (nSPS) is 18.3. The first-order valence-electron chi connectivity index (χ1n) is 5.82. The molecule has 0 bridgehead atoms. The fourth-order valence-electron chi connectivity index (χ4n) is 1.95. The molecule has 1 atom stereocenters. The number of thioether (sulfide) groups is 1. The van der Waals surface area contributed by atoms with Crippen LogP contribution in [0.1, 0.15) is 0 Å². The summed E-state index contributed by atoms with van der Waals surface area (Å²) in [5, 5.41) is 6.90. The van der Waals surface area contributed by atoms with E-state index in [9.17, 15) is 4.79 Å². The van der Waals surface area contributed by atoms with Gasteiger partial charge >= 0.3 is 0 Å². The van der Waals surface area contributed by atoms with Crippen LogP contribution in [0.4, 0.5) is 5.69 Å². The molecule has 96 valence electrons. The first-order valence-corrected chi connectivity index (χ1v) is 7.21. The van der Waals surface area contributed by atoms with E-state index >= 15 is 0 Å². The average Bonchev–Trinajstić information content (AvgIpc) is 2.86. The molecule has 1 aliphatic heterocycles. The van der Waals surface area contributed by atoms with E-state index in [0.29, 0.717) is 10.1 Å². The molecule has 1 aromatic carbocycles. The highest BCUT2D eigenvalue weighted by Crippen LogP contribution is 2.22. The lowest BCUT2D eigenvalue weighted by molar-refractivity contribution is -0.117. The van der Waals surface area contributed by atoms with Gasteiger partial charge in [-0.05, 0) is 12.1 Å². The van der Waals surface area contributed by atoms with Gasteiger partial charge in [-0.2, -0.15) is 0 Å². The molecule has 0 radical (unpaired) electrons. The topological polar surface area (TPSA) is 54.0 Å². The van der Waals surface area contributed by atoms with Crippen LogP contribution in [0.15, 0.2) is 36.5 Å². The van der Waals surface area contributed by atoms with Crippen LogP contribution in [0.3, 0.4) is 0 Å². The van der Waals surface area contributed by atoms with Gasteiger partial charge in [0.15, 0.2) is 0 Å². The Morgan fingerprint density at radius 3 is 3.05 bits per heavy atom. The zero-order chi connectivity index (χ0) is 13.2. The van der Waals surface area contributed by atoms with Gasteiger partial charge in [-0.3, -0.25) is 9.78 Å². The molecule has 0 spiro atoms. The number of hydrogen-bond donors (Lipinski definition) is 2. The van der Waals surface area contributed by atoms with Gasteiger partial charge in [0, 0.05) is 17.3 Å². The molecule has 1 amide bonds. The quantitative estimate of drug-likeness (QED) is 0.830. The fourth-order valence-corrected chi connectivity index (χ4v) is 3.08. The summed E-state index contributed by atoms with van der Waals surface area (Å²) < 4.78 is 0.677. The smallest absolute Gasteiger partial charge is 0.247 e. The summed E-state index contributed by atoms with van der Waals surface area (Å²) in [4.78, 5) is 16.4. The van der Waals surface area contributed by atoms with Gasteiger partial charge in [0.05, 0.1) is 11.2 Å². The maximum absolute atomic E-state index is 12.1. The number of pyridine rings is 1. The van der Waals surface area contributed by atoms with Gasteiger partial charge in [-0.25, -0.2) is 0 Å². The maximum atomic E-state index is 12.1. The second-order valence-electron chi connectivity index (χ2n) is 4.17. The molecule has 0 unspecified atom stereocenters. The zero-order valence-electron chi connectivity index (χ0n) is 9.92. The van der Waals surface area contributed by atoms with E-state index in [1.807, 2.05) is 30.3 Å². The van der Waals surface area contributed by atoms with Crippen LogP contribution < -0.4 is 10.6 Å². The van der Waals surface area contributed by atoms with Gasteiger partial charge in [-0.15, -0.1) is 0 Å². The largest absolute Gasteiger partial charge is 0.359 e. The molecule has 2 N–H and O–H groups in total. The summed E-state index contributed by atoms with van der Waals surface area (Å²) in [6, 6.07) is 9.31. The van der Waals surface area contributed by atoms with Crippen molar-refractivity contribution in [1.29, 1.82) is 0 Å². The standard InChI is InChI=1S/C13H11N3OS2/c17-12(10-7-19-13(18)16-10)15-9-5-1-3-8-4-2-6-14-11(8)9/h1-6,10H,7H2,(H,15,17)(H,16,18)/t10-/m0/s1. The molecule has 2 aromatic rings. The number of hydrogen-bond acceptors (Lipinski definition) is 4. The summed E-state index contributed by atoms with van der Waals surface area (Å²) in [5.74, 6) is 0.591. The Morgan fingerprint density at radius 1 is 1.42 bits per heavy atom. The van der Waals surface area contributed by atoms with E-state index in [-0.39, 0.29) is 11.9 Å². The number of carbonyl (C=O) groups is 1. The van der Waals surface area contributed by atoms with Gasteiger partial charge in [-0.1, -0.05) is 42.2 Å². The third kappa shape index (κ3) is 2.54. The van der Waals surface area contributed by atoms with Crippen molar-refractivity contribution in [2.75, 3.05) is 11.1 Å². The lowest BCUT2D eigenvalue weighted by atomic mass is 10.2. The van der Waals surface area contributed by atoms with Crippen molar-refractivity contribution in [3.05, 3.63) is 36.5 Å². The molecule has 19 heavy (non-hydrogen) atoms. The van der Waals surface area contributed by atoms with Gasteiger partial charge in [0.1, 0.15) is 10.4 Å². The third-order valence-corrected chi connectivity index (χ3v) is 4.23.